The van der Waals surface area contributed by atoms with E-state index >= 15 is 0 Å². The smallest absolute Gasteiger partial charge is 0.122 e. The molecule has 0 unspecified atom stereocenters. The molecular formula is C18H25N3O2. The Labute approximate surface area is 137 Å². The maximum absolute atomic E-state index is 5.34. The number of aryl methyl sites for hydroxylation is 1. The molecule has 1 heterocycles. The van der Waals surface area contributed by atoms with E-state index in [2.05, 4.69) is 34.2 Å². The summed E-state index contributed by atoms with van der Waals surface area (Å²) in [6.45, 7) is 3.87. The van der Waals surface area contributed by atoms with E-state index in [1.54, 1.807) is 14.2 Å². The Morgan fingerprint density at radius 1 is 1.22 bits per heavy atom. The standard InChI is InChI=1S/C18H25N3O2/c1-4-21-18-7-5-6-17(16(18)12-20-21)19-11-13-8-14(22-2)10-15(9-13)23-3/h8-10,12,17,19H,4-7,11H2,1-3H3/t17-/m1/s1. The van der Waals surface area contributed by atoms with E-state index in [0.717, 1.165) is 43.0 Å². The maximum Gasteiger partial charge on any atom is 0.122 e. The van der Waals surface area contributed by atoms with Gasteiger partial charge in [0.25, 0.3) is 0 Å². The van der Waals surface area contributed by atoms with Gasteiger partial charge in [0, 0.05) is 36.5 Å². The fraction of sp³-hybridized carbons (Fsp3) is 0.500. The van der Waals surface area contributed by atoms with Crippen molar-refractivity contribution in [3.8, 4) is 11.5 Å². The van der Waals surface area contributed by atoms with E-state index < -0.39 is 0 Å². The van der Waals surface area contributed by atoms with Gasteiger partial charge in [0.1, 0.15) is 11.5 Å². The van der Waals surface area contributed by atoms with Crippen LogP contribution in [-0.4, -0.2) is 24.0 Å². The van der Waals surface area contributed by atoms with Crippen molar-refractivity contribution >= 4 is 0 Å². The third kappa shape index (κ3) is 3.34. The fourth-order valence-electron chi connectivity index (χ4n) is 3.31. The average molecular weight is 315 g/mol. The molecule has 0 saturated carbocycles. The molecule has 0 saturated heterocycles. The van der Waals surface area contributed by atoms with Gasteiger partial charge in [0.2, 0.25) is 0 Å². The molecule has 0 radical (unpaired) electrons. The van der Waals surface area contributed by atoms with Crippen LogP contribution in [0.1, 0.15) is 42.6 Å². The van der Waals surface area contributed by atoms with Gasteiger partial charge in [-0.3, -0.25) is 4.68 Å². The second-order valence-electron chi connectivity index (χ2n) is 5.91. The topological polar surface area (TPSA) is 48.3 Å². The Morgan fingerprint density at radius 3 is 2.61 bits per heavy atom. The number of nitrogens with zero attached hydrogens (tertiary/aromatic N) is 2. The summed E-state index contributed by atoms with van der Waals surface area (Å²) in [7, 11) is 3.36. The predicted molar refractivity (Wildman–Crippen MR) is 90.0 cm³/mol. The summed E-state index contributed by atoms with van der Waals surface area (Å²) >= 11 is 0. The Hall–Kier alpha value is -2.01. The number of fused-ring (bicyclic) bond motifs is 1. The molecule has 5 nitrogen and oxygen atoms in total. The molecule has 0 spiro atoms. The molecule has 0 fully saturated rings. The van der Waals surface area contributed by atoms with E-state index in [9.17, 15) is 0 Å². The van der Waals surface area contributed by atoms with Crippen molar-refractivity contribution in [1.82, 2.24) is 15.1 Å². The minimum atomic E-state index is 0.372. The molecule has 1 aromatic heterocycles. The number of benzene rings is 1. The van der Waals surface area contributed by atoms with Gasteiger partial charge in [-0.15, -0.1) is 0 Å². The Bertz CT molecular complexity index is 644. The van der Waals surface area contributed by atoms with Crippen molar-refractivity contribution in [2.75, 3.05) is 14.2 Å². The highest BCUT2D eigenvalue weighted by Gasteiger charge is 2.23. The zero-order valence-corrected chi connectivity index (χ0v) is 14.1. The molecule has 1 atom stereocenters. The summed E-state index contributed by atoms with van der Waals surface area (Å²) in [6.07, 6.45) is 5.53. The van der Waals surface area contributed by atoms with Crippen molar-refractivity contribution in [2.24, 2.45) is 0 Å². The third-order valence-corrected chi connectivity index (χ3v) is 4.53. The van der Waals surface area contributed by atoms with E-state index in [1.807, 2.05) is 12.3 Å². The van der Waals surface area contributed by atoms with E-state index in [4.69, 9.17) is 9.47 Å². The molecule has 0 amide bonds. The summed E-state index contributed by atoms with van der Waals surface area (Å²) in [5, 5.41) is 8.18. The van der Waals surface area contributed by atoms with E-state index in [0.29, 0.717) is 6.04 Å². The molecule has 1 aromatic carbocycles. The monoisotopic (exact) mass is 315 g/mol. The van der Waals surface area contributed by atoms with Crippen LogP contribution in [0.15, 0.2) is 24.4 Å². The Morgan fingerprint density at radius 2 is 1.96 bits per heavy atom. The molecule has 124 valence electrons. The number of ether oxygens (including phenoxy) is 2. The van der Waals surface area contributed by atoms with Gasteiger partial charge in [-0.05, 0) is 43.9 Å². The largest absolute Gasteiger partial charge is 0.497 e. The molecule has 5 heteroatoms. The van der Waals surface area contributed by atoms with Crippen LogP contribution in [0.4, 0.5) is 0 Å². The Kier molecular flexibility index (Phi) is 4.86. The van der Waals surface area contributed by atoms with Crippen LogP contribution >= 0.6 is 0 Å². The predicted octanol–water partition coefficient (Wildman–Crippen LogP) is 3.09. The first kappa shape index (κ1) is 15.9. The molecule has 23 heavy (non-hydrogen) atoms. The highest BCUT2D eigenvalue weighted by molar-refractivity contribution is 5.38. The molecule has 0 bridgehead atoms. The number of methoxy groups -OCH3 is 2. The van der Waals surface area contributed by atoms with Crippen LogP contribution in [-0.2, 0) is 19.5 Å². The van der Waals surface area contributed by atoms with Crippen molar-refractivity contribution in [2.45, 2.75) is 45.3 Å². The van der Waals surface area contributed by atoms with Gasteiger partial charge in [0.05, 0.1) is 20.4 Å². The second kappa shape index (κ2) is 7.04. The fourth-order valence-corrected chi connectivity index (χ4v) is 3.31. The second-order valence-corrected chi connectivity index (χ2v) is 5.91. The summed E-state index contributed by atoms with van der Waals surface area (Å²) in [6, 6.07) is 6.37. The van der Waals surface area contributed by atoms with Crippen molar-refractivity contribution in [3.05, 3.63) is 41.2 Å². The molecule has 3 rings (SSSR count). The number of aromatic nitrogens is 2. The minimum absolute atomic E-state index is 0.372. The van der Waals surface area contributed by atoms with Gasteiger partial charge in [-0.1, -0.05) is 0 Å². The average Bonchev–Trinajstić information content (AvgIpc) is 3.03. The van der Waals surface area contributed by atoms with Gasteiger partial charge in [0.15, 0.2) is 0 Å². The number of nitrogens with one attached hydrogen (secondary N) is 1. The molecule has 1 aliphatic carbocycles. The van der Waals surface area contributed by atoms with Crippen LogP contribution < -0.4 is 14.8 Å². The van der Waals surface area contributed by atoms with Gasteiger partial charge >= 0.3 is 0 Å². The Balaban J connectivity index is 1.73. The third-order valence-electron chi connectivity index (χ3n) is 4.53. The van der Waals surface area contributed by atoms with Gasteiger partial charge < -0.3 is 14.8 Å². The molecular weight excluding hydrogens is 290 g/mol. The number of rotatable bonds is 6. The lowest BCUT2D eigenvalue weighted by Crippen LogP contribution is -2.25. The zero-order valence-electron chi connectivity index (χ0n) is 14.1. The first-order valence-electron chi connectivity index (χ1n) is 8.25. The lowest BCUT2D eigenvalue weighted by Gasteiger charge is -2.24. The summed E-state index contributed by atoms with van der Waals surface area (Å²) in [5.41, 5.74) is 3.91. The summed E-state index contributed by atoms with van der Waals surface area (Å²) < 4.78 is 12.8. The van der Waals surface area contributed by atoms with Gasteiger partial charge in [-0.25, -0.2) is 0 Å². The van der Waals surface area contributed by atoms with Crippen LogP contribution in [0.25, 0.3) is 0 Å². The van der Waals surface area contributed by atoms with Crippen LogP contribution in [0.5, 0.6) is 11.5 Å². The van der Waals surface area contributed by atoms with Crippen LogP contribution in [0.3, 0.4) is 0 Å². The lowest BCUT2D eigenvalue weighted by molar-refractivity contribution is 0.392. The number of hydrogen-bond acceptors (Lipinski definition) is 4. The SMILES string of the molecule is CCn1ncc2c1CCC[C@H]2NCc1cc(OC)cc(OC)c1. The number of hydrogen-bond donors (Lipinski definition) is 1. The van der Waals surface area contributed by atoms with Crippen molar-refractivity contribution < 1.29 is 9.47 Å². The van der Waals surface area contributed by atoms with Crippen molar-refractivity contribution in [1.29, 1.82) is 0 Å². The van der Waals surface area contributed by atoms with E-state index in [1.165, 1.54) is 17.7 Å². The van der Waals surface area contributed by atoms with Crippen LogP contribution in [0, 0.1) is 0 Å². The molecule has 2 aromatic rings. The van der Waals surface area contributed by atoms with E-state index in [-0.39, 0.29) is 0 Å². The molecule has 1 aliphatic rings. The first-order valence-corrected chi connectivity index (χ1v) is 8.25. The minimum Gasteiger partial charge on any atom is -0.497 e. The first-order chi connectivity index (χ1) is 11.2. The quantitative estimate of drug-likeness (QED) is 0.890. The highest BCUT2D eigenvalue weighted by atomic mass is 16.5. The lowest BCUT2D eigenvalue weighted by atomic mass is 9.93. The normalized spacial score (nSPS) is 16.9. The maximum atomic E-state index is 5.34. The molecule has 0 aliphatic heterocycles. The summed E-state index contributed by atoms with van der Waals surface area (Å²) in [5.74, 6) is 1.65. The van der Waals surface area contributed by atoms with Gasteiger partial charge in [-0.2, -0.15) is 5.10 Å². The summed E-state index contributed by atoms with van der Waals surface area (Å²) in [4.78, 5) is 0. The van der Waals surface area contributed by atoms with Crippen molar-refractivity contribution in [3.63, 3.8) is 0 Å². The van der Waals surface area contributed by atoms with Crippen LogP contribution in [0.2, 0.25) is 0 Å². The molecule has 1 N–H and O–H groups in total. The highest BCUT2D eigenvalue weighted by Crippen LogP contribution is 2.30. The zero-order chi connectivity index (χ0) is 16.2.